The van der Waals surface area contributed by atoms with E-state index in [1.807, 2.05) is 0 Å². The van der Waals surface area contributed by atoms with Crippen molar-refractivity contribution in [1.82, 2.24) is 9.80 Å². The molecule has 120 valence electrons. The maximum Gasteiger partial charge on any atom is 0.242 e. The van der Waals surface area contributed by atoms with Crippen LogP contribution in [-0.4, -0.2) is 46.3 Å². The van der Waals surface area contributed by atoms with Crippen LogP contribution in [0.5, 0.6) is 0 Å². The predicted molar refractivity (Wildman–Crippen MR) is 77.7 cm³/mol. The number of carbonyl (C=O) groups is 4. The molecule has 5 aliphatic rings. The Morgan fingerprint density at radius 3 is 1.43 bits per heavy atom. The van der Waals surface area contributed by atoms with Crippen LogP contribution < -0.4 is 0 Å². The Morgan fingerprint density at radius 2 is 1.09 bits per heavy atom. The average molecular weight is 314 g/mol. The molecule has 0 aromatic heterocycles. The van der Waals surface area contributed by atoms with Crippen molar-refractivity contribution in [2.45, 2.75) is 44.9 Å². The first kappa shape index (κ1) is 13.5. The molecule has 2 spiro atoms. The van der Waals surface area contributed by atoms with E-state index in [0.717, 1.165) is 12.8 Å². The standard InChI is InChI=1S/C17H18N2O4/c20-11-10-12(21)17(6-2-7-17)15(23)19-9-3-8-18(13(10)19)14(22)16(11)4-1-5-16/h1-9H2. The van der Waals surface area contributed by atoms with E-state index in [-0.39, 0.29) is 29.0 Å². The van der Waals surface area contributed by atoms with Crippen molar-refractivity contribution < 1.29 is 19.2 Å². The van der Waals surface area contributed by atoms with E-state index in [4.69, 9.17) is 0 Å². The van der Waals surface area contributed by atoms with Gasteiger partial charge in [0.25, 0.3) is 0 Å². The Labute approximate surface area is 133 Å². The van der Waals surface area contributed by atoms with Gasteiger partial charge in [0.2, 0.25) is 11.8 Å². The second-order valence-corrected chi connectivity index (χ2v) is 7.50. The van der Waals surface area contributed by atoms with Crippen molar-refractivity contribution in [3.63, 3.8) is 0 Å². The van der Waals surface area contributed by atoms with Crippen LogP contribution in [0.15, 0.2) is 11.4 Å². The fourth-order valence-corrected chi connectivity index (χ4v) is 4.85. The fraction of sp³-hybridized carbons (Fsp3) is 0.647. The van der Waals surface area contributed by atoms with E-state index in [0.29, 0.717) is 51.0 Å². The highest BCUT2D eigenvalue weighted by Gasteiger charge is 2.66. The molecular formula is C17H18N2O4. The molecule has 23 heavy (non-hydrogen) atoms. The third-order valence-electron chi connectivity index (χ3n) is 6.55. The molecule has 2 saturated carbocycles. The van der Waals surface area contributed by atoms with Crippen LogP contribution in [0.4, 0.5) is 0 Å². The number of allylic oxidation sites excluding steroid dienone is 1. The van der Waals surface area contributed by atoms with Gasteiger partial charge in [0, 0.05) is 13.1 Å². The van der Waals surface area contributed by atoms with Gasteiger partial charge in [-0.25, -0.2) is 0 Å². The molecule has 5 rings (SSSR count). The lowest BCUT2D eigenvalue weighted by Crippen LogP contribution is -2.68. The second kappa shape index (κ2) is 3.91. The molecule has 2 aliphatic carbocycles. The summed E-state index contributed by atoms with van der Waals surface area (Å²) >= 11 is 0. The summed E-state index contributed by atoms with van der Waals surface area (Å²) in [6, 6.07) is 0. The van der Waals surface area contributed by atoms with E-state index in [1.54, 1.807) is 9.80 Å². The van der Waals surface area contributed by atoms with Gasteiger partial charge < -0.3 is 0 Å². The van der Waals surface area contributed by atoms with Crippen molar-refractivity contribution in [3.8, 4) is 0 Å². The van der Waals surface area contributed by atoms with Crippen molar-refractivity contribution in [2.75, 3.05) is 13.1 Å². The molecule has 6 nitrogen and oxygen atoms in total. The van der Waals surface area contributed by atoms with Gasteiger partial charge in [-0.2, -0.15) is 0 Å². The fourth-order valence-electron chi connectivity index (χ4n) is 4.85. The molecule has 6 heteroatoms. The summed E-state index contributed by atoms with van der Waals surface area (Å²) in [7, 11) is 0. The summed E-state index contributed by atoms with van der Waals surface area (Å²) in [4.78, 5) is 55.1. The molecule has 2 amide bonds. The highest BCUT2D eigenvalue weighted by molar-refractivity contribution is 6.35. The first-order valence-electron chi connectivity index (χ1n) is 8.51. The molecule has 0 bridgehead atoms. The van der Waals surface area contributed by atoms with E-state index in [9.17, 15) is 19.2 Å². The van der Waals surface area contributed by atoms with Crippen LogP contribution in [0.3, 0.4) is 0 Å². The zero-order valence-electron chi connectivity index (χ0n) is 12.9. The molecule has 3 heterocycles. The maximum atomic E-state index is 13.1. The maximum absolute atomic E-state index is 13.1. The number of rotatable bonds is 0. The van der Waals surface area contributed by atoms with Crippen molar-refractivity contribution in [1.29, 1.82) is 0 Å². The topological polar surface area (TPSA) is 74.8 Å². The van der Waals surface area contributed by atoms with Crippen LogP contribution >= 0.6 is 0 Å². The molecule has 0 atom stereocenters. The first-order valence-corrected chi connectivity index (χ1v) is 8.51. The number of hydrogen-bond acceptors (Lipinski definition) is 4. The molecule has 0 aromatic rings. The van der Waals surface area contributed by atoms with Gasteiger partial charge in [-0.05, 0) is 32.1 Å². The lowest BCUT2D eigenvalue weighted by atomic mass is 9.56. The van der Waals surface area contributed by atoms with E-state index >= 15 is 0 Å². The number of Topliss-reactive ketones (excluding diaryl/α,β-unsaturated/α-hetero) is 2. The largest absolute Gasteiger partial charge is 0.296 e. The smallest absolute Gasteiger partial charge is 0.242 e. The zero-order chi connectivity index (χ0) is 16.0. The molecule has 0 N–H and O–H groups in total. The van der Waals surface area contributed by atoms with Crippen LogP contribution in [0.2, 0.25) is 0 Å². The highest BCUT2D eigenvalue weighted by Crippen LogP contribution is 2.55. The Morgan fingerprint density at radius 1 is 0.652 bits per heavy atom. The van der Waals surface area contributed by atoms with Crippen LogP contribution in [0.1, 0.15) is 44.9 Å². The summed E-state index contributed by atoms with van der Waals surface area (Å²) < 4.78 is 0. The molecular weight excluding hydrogens is 296 g/mol. The molecule has 1 saturated heterocycles. The Balaban J connectivity index is 1.75. The SMILES string of the molecule is O=C1C2=C3N(CCCN3C(=O)C3(CCC3)C2=O)C(=O)C12CCC2. The van der Waals surface area contributed by atoms with Gasteiger partial charge in [0.1, 0.15) is 22.2 Å². The quantitative estimate of drug-likeness (QED) is 0.489. The number of nitrogens with zero attached hydrogens (tertiary/aromatic N) is 2. The van der Waals surface area contributed by atoms with Crippen molar-refractivity contribution >= 4 is 23.4 Å². The van der Waals surface area contributed by atoms with Crippen LogP contribution in [-0.2, 0) is 19.2 Å². The summed E-state index contributed by atoms with van der Waals surface area (Å²) in [5.41, 5.74) is -1.87. The first-order chi connectivity index (χ1) is 11.0. The molecule has 0 unspecified atom stereocenters. The van der Waals surface area contributed by atoms with Gasteiger partial charge >= 0.3 is 0 Å². The molecule has 0 aromatic carbocycles. The summed E-state index contributed by atoms with van der Waals surface area (Å²) in [5.74, 6) is -0.702. The van der Waals surface area contributed by atoms with Crippen LogP contribution in [0.25, 0.3) is 0 Å². The minimum atomic E-state index is -1.01. The van der Waals surface area contributed by atoms with Gasteiger partial charge in [-0.3, -0.25) is 29.0 Å². The zero-order valence-corrected chi connectivity index (χ0v) is 12.9. The van der Waals surface area contributed by atoms with E-state index < -0.39 is 10.8 Å². The van der Waals surface area contributed by atoms with Crippen molar-refractivity contribution in [2.24, 2.45) is 10.8 Å². The Bertz CT molecular complexity index is 669. The third kappa shape index (κ3) is 1.25. The average Bonchev–Trinajstić information content (AvgIpc) is 2.43. The number of ketones is 2. The molecule has 3 aliphatic heterocycles. The lowest BCUT2D eigenvalue weighted by Gasteiger charge is -2.55. The number of carbonyl (C=O) groups excluding carboxylic acids is 4. The third-order valence-corrected chi connectivity index (χ3v) is 6.55. The van der Waals surface area contributed by atoms with Gasteiger partial charge in [0.05, 0.1) is 0 Å². The van der Waals surface area contributed by atoms with Gasteiger partial charge in [0.15, 0.2) is 11.6 Å². The van der Waals surface area contributed by atoms with E-state index in [1.165, 1.54) is 0 Å². The summed E-state index contributed by atoms with van der Waals surface area (Å²) in [5, 5.41) is 0. The summed E-state index contributed by atoms with van der Waals surface area (Å²) in [6.45, 7) is 0.994. The Kier molecular flexibility index (Phi) is 2.29. The minimum Gasteiger partial charge on any atom is -0.296 e. The van der Waals surface area contributed by atoms with Crippen LogP contribution in [0, 0.1) is 10.8 Å². The number of amides is 2. The Hall–Kier alpha value is -1.98. The predicted octanol–water partition coefficient (Wildman–Crippen LogP) is 0.765. The number of hydrogen-bond donors (Lipinski definition) is 0. The summed E-state index contributed by atoms with van der Waals surface area (Å²) in [6.07, 6.45) is 4.52. The van der Waals surface area contributed by atoms with Crippen molar-refractivity contribution in [3.05, 3.63) is 11.4 Å². The molecule has 3 fully saturated rings. The minimum absolute atomic E-state index is 0.156. The lowest BCUT2D eigenvalue weighted by molar-refractivity contribution is -0.167. The van der Waals surface area contributed by atoms with E-state index in [2.05, 4.69) is 0 Å². The monoisotopic (exact) mass is 314 g/mol. The molecule has 0 radical (unpaired) electrons. The second-order valence-electron chi connectivity index (χ2n) is 7.50. The van der Waals surface area contributed by atoms with Gasteiger partial charge in [-0.1, -0.05) is 12.8 Å². The normalized spacial score (nSPS) is 30.6. The van der Waals surface area contributed by atoms with Gasteiger partial charge in [-0.15, -0.1) is 0 Å². The highest BCUT2D eigenvalue weighted by atomic mass is 16.2.